The fraction of sp³-hybridized carbons (Fsp3) is 0.947. The van der Waals surface area contributed by atoms with Crippen molar-refractivity contribution in [3.63, 3.8) is 0 Å². The number of rotatable bonds is 19. The average Bonchev–Trinajstić information content (AvgIpc) is 3.60. The number of carbonyl (C=O) groups excluding carboxylic acids is 1. The van der Waals surface area contributed by atoms with Gasteiger partial charge in [0.2, 0.25) is 6.08 Å². The second-order valence-corrected chi connectivity index (χ2v) is 12.3. The van der Waals surface area contributed by atoms with Gasteiger partial charge in [0.25, 0.3) is 0 Å². The Morgan fingerprint density at radius 1 is 0.903 bits per heavy atom. The zero-order valence-corrected chi connectivity index (χ0v) is 22.0. The molecule has 1 unspecified atom stereocenters. The van der Waals surface area contributed by atoms with Crippen LogP contribution in [0.5, 0.6) is 0 Å². The molecule has 1 rings (SSSR count). The molecule has 0 bridgehead atoms. The first-order valence-electron chi connectivity index (χ1n) is 10.8. The van der Waals surface area contributed by atoms with Crippen molar-refractivity contribution in [2.75, 3.05) is 67.5 Å². The van der Waals surface area contributed by atoms with Crippen LogP contribution in [0.3, 0.4) is 0 Å². The number of hydrogen-bond donors (Lipinski definition) is 0. The van der Waals surface area contributed by atoms with Crippen molar-refractivity contribution >= 4 is 23.7 Å². The minimum atomic E-state index is -2.54. The molecule has 0 aromatic carbocycles. The van der Waals surface area contributed by atoms with E-state index in [0.717, 1.165) is 25.5 Å². The lowest BCUT2D eigenvalue weighted by molar-refractivity contribution is 0.0710. The van der Waals surface area contributed by atoms with Crippen molar-refractivity contribution in [2.24, 2.45) is 4.99 Å². The van der Waals surface area contributed by atoms with Crippen LogP contribution >= 0.6 is 0 Å². The summed E-state index contributed by atoms with van der Waals surface area (Å²) in [6, 6.07) is 1.47. The maximum atomic E-state index is 9.93. The topological polar surface area (TPSA) is 107 Å². The molecule has 1 aliphatic rings. The Morgan fingerprint density at radius 2 is 1.42 bits per heavy atom. The Labute approximate surface area is 189 Å². The van der Waals surface area contributed by atoms with Gasteiger partial charge >= 0.3 is 17.6 Å². The summed E-state index contributed by atoms with van der Waals surface area (Å²) < 4.78 is 43.3. The monoisotopic (exact) mass is 483 g/mol. The van der Waals surface area contributed by atoms with Crippen LogP contribution in [0.4, 0.5) is 0 Å². The Morgan fingerprint density at radius 3 is 1.84 bits per heavy atom. The van der Waals surface area contributed by atoms with E-state index in [-0.39, 0.29) is 0 Å². The zero-order chi connectivity index (χ0) is 23.4. The molecular formula is C19H41NO9Si2. The summed E-state index contributed by atoms with van der Waals surface area (Å²) in [4.78, 5) is 13.4. The van der Waals surface area contributed by atoms with Gasteiger partial charge in [-0.25, -0.2) is 9.79 Å². The van der Waals surface area contributed by atoms with E-state index >= 15 is 0 Å². The van der Waals surface area contributed by atoms with Crippen molar-refractivity contribution in [3.05, 3.63) is 0 Å². The van der Waals surface area contributed by atoms with E-state index in [1.165, 1.54) is 6.08 Å². The Bertz CT molecular complexity index is 448. The lowest BCUT2D eigenvalue weighted by Gasteiger charge is -2.28. The fourth-order valence-corrected chi connectivity index (χ4v) is 7.03. The van der Waals surface area contributed by atoms with E-state index in [0.29, 0.717) is 51.7 Å². The van der Waals surface area contributed by atoms with E-state index in [2.05, 4.69) is 4.99 Å². The molecular weight excluding hydrogens is 442 g/mol. The molecule has 1 heterocycles. The lowest BCUT2D eigenvalue weighted by Crippen LogP contribution is -2.46. The Kier molecular flexibility index (Phi) is 18.7. The highest BCUT2D eigenvalue weighted by molar-refractivity contribution is 6.61. The maximum absolute atomic E-state index is 9.93. The number of isocyanates is 1. The van der Waals surface area contributed by atoms with Gasteiger partial charge in [0.15, 0.2) is 0 Å². The summed E-state index contributed by atoms with van der Waals surface area (Å²) in [5.41, 5.74) is 0. The highest BCUT2D eigenvalue weighted by Gasteiger charge is 2.39. The summed E-state index contributed by atoms with van der Waals surface area (Å²) in [5.74, 6) is 0. The third kappa shape index (κ3) is 14.3. The lowest BCUT2D eigenvalue weighted by atomic mass is 10.5. The van der Waals surface area contributed by atoms with E-state index < -0.39 is 17.6 Å². The number of aliphatic imine (C=N–C) groups is 1. The second kappa shape index (κ2) is 19.0. The molecule has 0 aromatic rings. The van der Waals surface area contributed by atoms with Crippen molar-refractivity contribution < 1.29 is 40.8 Å². The third-order valence-corrected chi connectivity index (χ3v) is 10.3. The molecule has 12 heteroatoms. The number of nitrogens with zero attached hydrogens (tertiary/aromatic N) is 1. The Balaban J connectivity index is 0.000000581. The molecule has 0 radical (unpaired) electrons. The quantitative estimate of drug-likeness (QED) is 0.0900. The zero-order valence-electron chi connectivity index (χ0n) is 20.0. The fourth-order valence-electron chi connectivity index (χ4n) is 2.75. The number of hydrogen-bond acceptors (Lipinski definition) is 10. The molecule has 31 heavy (non-hydrogen) atoms. The molecule has 0 N–H and O–H groups in total. The van der Waals surface area contributed by atoms with E-state index in [9.17, 15) is 4.79 Å². The normalized spacial score (nSPS) is 15.7. The van der Waals surface area contributed by atoms with Gasteiger partial charge in [-0.2, -0.15) is 0 Å². The maximum Gasteiger partial charge on any atom is 0.500 e. The van der Waals surface area contributed by atoms with Gasteiger partial charge < -0.3 is 36.0 Å². The van der Waals surface area contributed by atoms with Crippen LogP contribution in [-0.4, -0.2) is 97.3 Å². The predicted molar refractivity (Wildman–Crippen MR) is 120 cm³/mol. The van der Waals surface area contributed by atoms with E-state index in [1.54, 1.807) is 21.3 Å². The van der Waals surface area contributed by atoms with Crippen molar-refractivity contribution in [3.8, 4) is 0 Å². The number of epoxide rings is 1. The van der Waals surface area contributed by atoms with E-state index in [4.69, 9.17) is 36.0 Å². The number of ether oxygens (including phenoxy) is 2. The van der Waals surface area contributed by atoms with Crippen LogP contribution < -0.4 is 0 Å². The minimum absolute atomic E-state index is 0.333. The summed E-state index contributed by atoms with van der Waals surface area (Å²) >= 11 is 0. The molecule has 1 fully saturated rings. The first kappa shape index (κ1) is 30.5. The second-order valence-electron chi connectivity index (χ2n) is 6.49. The van der Waals surface area contributed by atoms with Gasteiger partial charge in [-0.15, -0.1) is 0 Å². The van der Waals surface area contributed by atoms with Crippen molar-refractivity contribution in [1.29, 1.82) is 0 Å². The van der Waals surface area contributed by atoms with Crippen LogP contribution in [0.25, 0.3) is 0 Å². The molecule has 0 aliphatic carbocycles. The highest BCUT2D eigenvalue weighted by Crippen LogP contribution is 2.18. The molecule has 10 nitrogen and oxygen atoms in total. The summed E-state index contributed by atoms with van der Waals surface area (Å²) in [6.45, 7) is 10.2. The van der Waals surface area contributed by atoms with E-state index in [1.807, 2.05) is 20.8 Å². The highest BCUT2D eigenvalue weighted by atomic mass is 28.4. The molecule has 1 aliphatic heterocycles. The van der Waals surface area contributed by atoms with Crippen LogP contribution in [0.1, 0.15) is 33.6 Å². The molecule has 0 spiro atoms. The summed E-state index contributed by atoms with van der Waals surface area (Å²) in [5, 5.41) is 0. The van der Waals surface area contributed by atoms with Crippen LogP contribution in [0, 0.1) is 0 Å². The Hall–Kier alpha value is -0.506. The predicted octanol–water partition coefficient (Wildman–Crippen LogP) is 2.43. The molecule has 1 atom stereocenters. The standard InChI is InChI=1S/C10H21NO4Si.C9H20O5Si/c1-4-13-16(14-5-2,15-6-3)9-7-8-11-10-12;1-10-15(11-2,12-3)6-4-5-13-7-9-8-14-9/h4-9H2,1-3H3;9H,4-8H2,1-3H3. The van der Waals surface area contributed by atoms with Crippen LogP contribution in [-0.2, 0) is 40.8 Å². The van der Waals surface area contributed by atoms with Crippen molar-refractivity contribution in [1.82, 2.24) is 0 Å². The van der Waals surface area contributed by atoms with Gasteiger partial charge in [0.1, 0.15) is 6.10 Å². The molecule has 0 saturated carbocycles. The summed E-state index contributed by atoms with van der Waals surface area (Å²) in [6.07, 6.45) is 3.46. The SMILES string of the molecule is CCO[Si](CCCN=C=O)(OCC)OCC.CO[Si](CCCOCC1CO1)(OC)OC. The molecule has 184 valence electrons. The first-order valence-corrected chi connectivity index (χ1v) is 14.7. The van der Waals surface area contributed by atoms with Gasteiger partial charge in [-0.1, -0.05) is 0 Å². The van der Waals surface area contributed by atoms with Crippen LogP contribution in [0.15, 0.2) is 4.99 Å². The smallest absolute Gasteiger partial charge is 0.379 e. The average molecular weight is 484 g/mol. The van der Waals surface area contributed by atoms with Gasteiger partial charge in [0.05, 0.1) is 19.8 Å². The minimum Gasteiger partial charge on any atom is -0.379 e. The first-order chi connectivity index (χ1) is 15.0. The van der Waals surface area contributed by atoms with Gasteiger partial charge in [-0.05, 0) is 33.6 Å². The largest absolute Gasteiger partial charge is 0.500 e. The molecule has 0 aromatic heterocycles. The third-order valence-electron chi connectivity index (χ3n) is 4.32. The van der Waals surface area contributed by atoms with Gasteiger partial charge in [-0.3, -0.25) is 0 Å². The molecule has 0 amide bonds. The molecule has 1 saturated heterocycles. The summed E-state index contributed by atoms with van der Waals surface area (Å²) in [7, 11) is -0.0562. The van der Waals surface area contributed by atoms with Crippen molar-refractivity contribution in [2.45, 2.75) is 51.8 Å². The van der Waals surface area contributed by atoms with Crippen LogP contribution in [0.2, 0.25) is 12.1 Å². The van der Waals surface area contributed by atoms with Gasteiger partial charge in [0, 0.05) is 59.8 Å².